The third kappa shape index (κ3) is 8.51. The van der Waals surface area contributed by atoms with Gasteiger partial charge in [0.15, 0.2) is 11.6 Å². The molecule has 0 aliphatic heterocycles. The molecule has 0 amide bonds. The highest BCUT2D eigenvalue weighted by atomic mass is 19.3. The van der Waals surface area contributed by atoms with Crippen LogP contribution >= 0.6 is 0 Å². The van der Waals surface area contributed by atoms with Gasteiger partial charge in [0.25, 0.3) is 0 Å². The van der Waals surface area contributed by atoms with Crippen LogP contribution in [0.4, 0.5) is 17.6 Å². The molecule has 3 aromatic rings. The van der Waals surface area contributed by atoms with Crippen LogP contribution in [0, 0.1) is 11.6 Å². The zero-order chi connectivity index (χ0) is 26.7. The summed E-state index contributed by atoms with van der Waals surface area (Å²) in [6.07, 6.45) is 6.49. The predicted octanol–water partition coefficient (Wildman–Crippen LogP) is 10.1. The lowest BCUT2D eigenvalue weighted by molar-refractivity contribution is -0.189. The molecule has 6 heteroatoms. The molecule has 0 unspecified atom stereocenters. The van der Waals surface area contributed by atoms with E-state index in [9.17, 15) is 13.2 Å². The smallest absolute Gasteiger partial charge is 0.432 e. The molecular weight excluding hydrogens is 480 g/mol. The van der Waals surface area contributed by atoms with Gasteiger partial charge in [0.1, 0.15) is 22.9 Å². The lowest BCUT2D eigenvalue weighted by atomic mass is 10.1. The standard InChI is InChI=1S/C31H36F4O2/c1-3-5-7-8-10-12-24-15-19-26(20-16-24)37-31(34,35)29-27(32)21-22-28(30(29)33)36-25-17-13-23(14-18-25)11-9-6-4-2/h13-22H,3-12H2,1-2H3. The highest BCUT2D eigenvalue weighted by molar-refractivity contribution is 5.39. The Labute approximate surface area is 217 Å². The molecule has 0 N–H and O–H groups in total. The third-order valence-electron chi connectivity index (χ3n) is 6.31. The Hall–Kier alpha value is -3.02. The van der Waals surface area contributed by atoms with Crippen LogP contribution in [0.25, 0.3) is 0 Å². The third-order valence-corrected chi connectivity index (χ3v) is 6.31. The van der Waals surface area contributed by atoms with Gasteiger partial charge < -0.3 is 9.47 Å². The van der Waals surface area contributed by atoms with Gasteiger partial charge >= 0.3 is 6.11 Å². The first kappa shape index (κ1) is 28.5. The molecule has 0 spiro atoms. The maximum Gasteiger partial charge on any atom is 0.432 e. The van der Waals surface area contributed by atoms with Crippen molar-refractivity contribution in [2.24, 2.45) is 0 Å². The zero-order valence-electron chi connectivity index (χ0n) is 21.7. The topological polar surface area (TPSA) is 18.5 Å². The number of alkyl halides is 2. The maximum atomic E-state index is 15.1. The Morgan fingerprint density at radius 2 is 1.14 bits per heavy atom. The monoisotopic (exact) mass is 516 g/mol. The van der Waals surface area contributed by atoms with Crippen LogP contribution in [0.1, 0.15) is 81.9 Å². The van der Waals surface area contributed by atoms with Crippen molar-refractivity contribution in [1.82, 2.24) is 0 Å². The molecular formula is C31H36F4O2. The second-order valence-corrected chi connectivity index (χ2v) is 9.36. The van der Waals surface area contributed by atoms with Gasteiger partial charge in [-0.05, 0) is 73.2 Å². The van der Waals surface area contributed by atoms with E-state index in [2.05, 4.69) is 13.8 Å². The predicted molar refractivity (Wildman–Crippen MR) is 140 cm³/mol. The molecule has 0 heterocycles. The maximum absolute atomic E-state index is 15.1. The first-order valence-electron chi connectivity index (χ1n) is 13.2. The highest BCUT2D eigenvalue weighted by Crippen LogP contribution is 2.39. The summed E-state index contributed by atoms with van der Waals surface area (Å²) in [5.41, 5.74) is 0.612. The van der Waals surface area contributed by atoms with Crippen LogP contribution < -0.4 is 9.47 Å². The van der Waals surface area contributed by atoms with Crippen LogP contribution in [0.15, 0.2) is 60.7 Å². The molecule has 3 rings (SSSR count). The summed E-state index contributed by atoms with van der Waals surface area (Å²) in [6, 6.07) is 14.9. The number of hydrogen-bond donors (Lipinski definition) is 0. The number of aryl methyl sites for hydroxylation is 2. The minimum absolute atomic E-state index is 0.177. The molecule has 37 heavy (non-hydrogen) atoms. The number of benzene rings is 3. The minimum Gasteiger partial charge on any atom is -0.454 e. The number of halogens is 4. The molecule has 3 aromatic carbocycles. The Morgan fingerprint density at radius 1 is 0.622 bits per heavy atom. The van der Waals surface area contributed by atoms with E-state index < -0.39 is 29.1 Å². The van der Waals surface area contributed by atoms with Gasteiger partial charge in [0.2, 0.25) is 0 Å². The van der Waals surface area contributed by atoms with Crippen LogP contribution in [0.5, 0.6) is 17.2 Å². The van der Waals surface area contributed by atoms with E-state index in [1.807, 2.05) is 12.1 Å². The average Bonchev–Trinajstić information content (AvgIpc) is 2.87. The molecule has 0 aromatic heterocycles. The Balaban J connectivity index is 1.67. The van der Waals surface area contributed by atoms with E-state index in [-0.39, 0.29) is 11.5 Å². The van der Waals surface area contributed by atoms with Gasteiger partial charge in [0, 0.05) is 0 Å². The number of ether oxygens (including phenoxy) is 2. The van der Waals surface area contributed by atoms with Crippen molar-refractivity contribution in [3.8, 4) is 17.2 Å². The largest absolute Gasteiger partial charge is 0.454 e. The van der Waals surface area contributed by atoms with E-state index in [0.29, 0.717) is 0 Å². The number of hydrogen-bond acceptors (Lipinski definition) is 2. The summed E-state index contributed by atoms with van der Waals surface area (Å²) in [7, 11) is 0. The first-order valence-corrected chi connectivity index (χ1v) is 13.2. The molecule has 0 aliphatic rings. The summed E-state index contributed by atoms with van der Waals surface area (Å²) in [4.78, 5) is 0. The summed E-state index contributed by atoms with van der Waals surface area (Å²) in [6.45, 7) is 4.28. The van der Waals surface area contributed by atoms with Gasteiger partial charge in [-0.3, -0.25) is 0 Å². The summed E-state index contributed by atoms with van der Waals surface area (Å²) >= 11 is 0. The van der Waals surface area contributed by atoms with Crippen molar-refractivity contribution in [2.45, 2.75) is 84.2 Å². The zero-order valence-corrected chi connectivity index (χ0v) is 21.7. The molecule has 0 saturated heterocycles. The lowest BCUT2D eigenvalue weighted by Crippen LogP contribution is -2.25. The Bertz CT molecular complexity index is 1100. The molecule has 0 radical (unpaired) electrons. The SMILES string of the molecule is CCCCCCCc1ccc(OC(F)(F)c2c(F)ccc(Oc3ccc(CCCCC)cc3)c2F)cc1. The average molecular weight is 517 g/mol. The van der Waals surface area contributed by atoms with E-state index in [1.165, 1.54) is 31.4 Å². The van der Waals surface area contributed by atoms with Gasteiger partial charge in [-0.15, -0.1) is 0 Å². The first-order chi connectivity index (χ1) is 17.8. The molecule has 0 atom stereocenters. The van der Waals surface area contributed by atoms with Gasteiger partial charge in [-0.25, -0.2) is 8.78 Å². The second-order valence-electron chi connectivity index (χ2n) is 9.36. The fourth-order valence-electron chi connectivity index (χ4n) is 4.17. The van der Waals surface area contributed by atoms with Crippen molar-refractivity contribution in [2.75, 3.05) is 0 Å². The van der Waals surface area contributed by atoms with Crippen LogP contribution in [-0.2, 0) is 19.0 Å². The van der Waals surface area contributed by atoms with Crippen molar-refractivity contribution < 1.29 is 27.0 Å². The summed E-state index contributed by atoms with van der Waals surface area (Å²) in [5.74, 6) is -3.32. The number of rotatable bonds is 15. The van der Waals surface area contributed by atoms with Crippen LogP contribution in [-0.4, -0.2) is 0 Å². The fraction of sp³-hybridized carbons (Fsp3) is 0.419. The fourth-order valence-corrected chi connectivity index (χ4v) is 4.17. The quantitative estimate of drug-likeness (QED) is 0.148. The van der Waals surface area contributed by atoms with Crippen molar-refractivity contribution >= 4 is 0 Å². The van der Waals surface area contributed by atoms with E-state index in [4.69, 9.17) is 9.47 Å². The summed E-state index contributed by atoms with van der Waals surface area (Å²) in [5, 5.41) is 0. The molecule has 0 aliphatic carbocycles. The van der Waals surface area contributed by atoms with Crippen molar-refractivity contribution in [3.63, 3.8) is 0 Å². The minimum atomic E-state index is -4.24. The molecule has 0 saturated carbocycles. The van der Waals surface area contributed by atoms with Gasteiger partial charge in [-0.1, -0.05) is 76.6 Å². The van der Waals surface area contributed by atoms with Crippen LogP contribution in [0.2, 0.25) is 0 Å². The van der Waals surface area contributed by atoms with Crippen molar-refractivity contribution in [1.29, 1.82) is 0 Å². The van der Waals surface area contributed by atoms with E-state index in [1.54, 1.807) is 24.3 Å². The van der Waals surface area contributed by atoms with Gasteiger partial charge in [0.05, 0.1) is 0 Å². The lowest BCUT2D eigenvalue weighted by Gasteiger charge is -2.20. The van der Waals surface area contributed by atoms with Crippen molar-refractivity contribution in [3.05, 3.63) is 89.0 Å². The second kappa shape index (κ2) is 14.1. The van der Waals surface area contributed by atoms with E-state index in [0.717, 1.165) is 68.2 Å². The van der Waals surface area contributed by atoms with Crippen LogP contribution in [0.3, 0.4) is 0 Å². The molecule has 0 bridgehead atoms. The number of unbranched alkanes of at least 4 members (excludes halogenated alkanes) is 6. The Morgan fingerprint density at radius 3 is 1.73 bits per heavy atom. The van der Waals surface area contributed by atoms with Gasteiger partial charge in [-0.2, -0.15) is 8.78 Å². The molecule has 200 valence electrons. The summed E-state index contributed by atoms with van der Waals surface area (Å²) < 4.78 is 69.6. The Kier molecular flexibility index (Phi) is 10.8. The normalized spacial score (nSPS) is 11.5. The molecule has 0 fully saturated rings. The highest BCUT2D eigenvalue weighted by Gasteiger charge is 2.42. The van der Waals surface area contributed by atoms with E-state index >= 15 is 4.39 Å². The molecule has 2 nitrogen and oxygen atoms in total.